The molecule has 1 aliphatic rings. The van der Waals surface area contributed by atoms with Gasteiger partial charge in [-0.15, -0.1) is 0 Å². The number of carbonyl (C=O) groups is 1. The Morgan fingerprint density at radius 1 is 1.00 bits per heavy atom. The van der Waals surface area contributed by atoms with E-state index >= 15 is 0 Å². The van der Waals surface area contributed by atoms with Crippen molar-refractivity contribution in [2.45, 2.75) is 39.2 Å². The molecule has 2 aromatic rings. The number of ketones is 1. The van der Waals surface area contributed by atoms with Gasteiger partial charge in [0.15, 0.2) is 5.78 Å². The van der Waals surface area contributed by atoms with Crippen LogP contribution in [0.25, 0.3) is 0 Å². The van der Waals surface area contributed by atoms with Gasteiger partial charge in [0.05, 0.1) is 0 Å². The first-order valence-electron chi connectivity index (χ1n) is 7.57. The van der Waals surface area contributed by atoms with Crippen molar-refractivity contribution in [3.05, 3.63) is 64.7 Å². The number of ether oxygens (including phenoxy) is 1. The molecule has 0 spiro atoms. The minimum atomic E-state index is 0.253. The largest absolute Gasteiger partial charge is 0.489 e. The van der Waals surface area contributed by atoms with Gasteiger partial charge in [-0.3, -0.25) is 4.79 Å². The van der Waals surface area contributed by atoms with Crippen molar-refractivity contribution in [3.63, 3.8) is 0 Å². The summed E-state index contributed by atoms with van der Waals surface area (Å²) in [7, 11) is 0. The van der Waals surface area contributed by atoms with Crippen LogP contribution in [0.5, 0.6) is 5.75 Å². The fourth-order valence-corrected chi connectivity index (χ4v) is 2.71. The van der Waals surface area contributed by atoms with Crippen LogP contribution in [0.2, 0.25) is 0 Å². The number of Topliss-reactive ketones (excluding diaryl/α,β-unsaturated/α-hetero) is 1. The molecule has 0 unspecified atom stereocenters. The average Bonchev–Trinajstić information content (AvgIpc) is 2.69. The van der Waals surface area contributed by atoms with Crippen LogP contribution in [0.1, 0.15) is 46.3 Å². The summed E-state index contributed by atoms with van der Waals surface area (Å²) in [4.78, 5) is 12.1. The molecular formula is C19H20O2. The maximum atomic E-state index is 12.1. The van der Waals surface area contributed by atoms with Gasteiger partial charge in [-0.05, 0) is 49.4 Å². The quantitative estimate of drug-likeness (QED) is 0.775. The van der Waals surface area contributed by atoms with E-state index in [1.807, 2.05) is 18.2 Å². The minimum absolute atomic E-state index is 0.253. The Morgan fingerprint density at radius 2 is 1.76 bits per heavy atom. The third-order valence-corrected chi connectivity index (χ3v) is 4.01. The Labute approximate surface area is 125 Å². The predicted molar refractivity (Wildman–Crippen MR) is 83.8 cm³/mol. The van der Waals surface area contributed by atoms with Crippen LogP contribution in [0.15, 0.2) is 42.5 Å². The number of carbonyl (C=O) groups excluding carboxylic acids is 1. The second kappa shape index (κ2) is 6.13. The summed E-state index contributed by atoms with van der Waals surface area (Å²) >= 11 is 0. The average molecular weight is 280 g/mol. The Kier molecular flexibility index (Phi) is 4.05. The van der Waals surface area contributed by atoms with Crippen LogP contribution in [-0.2, 0) is 13.0 Å². The van der Waals surface area contributed by atoms with Gasteiger partial charge >= 0.3 is 0 Å². The number of fused-ring (bicyclic) bond motifs is 1. The van der Waals surface area contributed by atoms with Crippen molar-refractivity contribution in [2.75, 3.05) is 0 Å². The Bertz CT molecular complexity index is 641. The van der Waals surface area contributed by atoms with Crippen LogP contribution in [-0.4, -0.2) is 5.78 Å². The van der Waals surface area contributed by atoms with Gasteiger partial charge in [0.25, 0.3) is 0 Å². The lowest BCUT2D eigenvalue weighted by Crippen LogP contribution is -2.02. The summed E-state index contributed by atoms with van der Waals surface area (Å²) in [6.45, 7) is 2.61. The molecule has 1 aliphatic carbocycles. The Balaban J connectivity index is 1.74. The third-order valence-electron chi connectivity index (χ3n) is 4.01. The van der Waals surface area contributed by atoms with E-state index in [0.717, 1.165) is 36.1 Å². The van der Waals surface area contributed by atoms with Gasteiger partial charge in [0.1, 0.15) is 12.4 Å². The van der Waals surface area contributed by atoms with E-state index in [0.29, 0.717) is 13.0 Å². The van der Waals surface area contributed by atoms with E-state index in [1.54, 1.807) is 0 Å². The number of rotatable bonds is 3. The van der Waals surface area contributed by atoms with Gasteiger partial charge in [0.2, 0.25) is 0 Å². The van der Waals surface area contributed by atoms with Crippen LogP contribution >= 0.6 is 0 Å². The fourth-order valence-electron chi connectivity index (χ4n) is 2.71. The highest BCUT2D eigenvalue weighted by Gasteiger charge is 2.16. The molecule has 2 nitrogen and oxygen atoms in total. The van der Waals surface area contributed by atoms with E-state index in [2.05, 4.69) is 31.2 Å². The lowest BCUT2D eigenvalue weighted by Gasteiger charge is -2.10. The smallest absolute Gasteiger partial charge is 0.163 e. The lowest BCUT2D eigenvalue weighted by molar-refractivity contribution is 0.0981. The molecule has 108 valence electrons. The number of hydrogen-bond donors (Lipinski definition) is 0. The molecule has 0 bridgehead atoms. The minimum Gasteiger partial charge on any atom is -0.489 e. The first kappa shape index (κ1) is 13.9. The predicted octanol–water partition coefficient (Wildman–Crippen LogP) is 4.48. The molecule has 0 saturated carbocycles. The molecule has 2 heteroatoms. The molecule has 0 aromatic heterocycles. The molecule has 0 amide bonds. The van der Waals surface area contributed by atoms with Crippen molar-refractivity contribution < 1.29 is 9.53 Å². The van der Waals surface area contributed by atoms with Crippen molar-refractivity contribution in [1.29, 1.82) is 0 Å². The van der Waals surface area contributed by atoms with E-state index in [9.17, 15) is 4.79 Å². The first-order chi connectivity index (χ1) is 10.2. The summed E-state index contributed by atoms with van der Waals surface area (Å²) in [6.07, 6.45) is 3.75. The second-order valence-corrected chi connectivity index (χ2v) is 5.72. The molecule has 0 radical (unpaired) electrons. The molecule has 0 aliphatic heterocycles. The Morgan fingerprint density at radius 3 is 2.57 bits per heavy atom. The molecule has 3 rings (SSSR count). The summed E-state index contributed by atoms with van der Waals surface area (Å²) in [5.74, 6) is 1.04. The highest BCUT2D eigenvalue weighted by molar-refractivity contribution is 5.98. The monoisotopic (exact) mass is 280 g/mol. The van der Waals surface area contributed by atoms with Gasteiger partial charge < -0.3 is 4.74 Å². The lowest BCUT2D eigenvalue weighted by atomic mass is 10.0. The maximum absolute atomic E-state index is 12.1. The molecular weight excluding hydrogens is 260 g/mol. The van der Waals surface area contributed by atoms with Crippen molar-refractivity contribution >= 4 is 5.78 Å². The zero-order valence-electron chi connectivity index (χ0n) is 12.4. The molecule has 0 saturated heterocycles. The molecule has 21 heavy (non-hydrogen) atoms. The van der Waals surface area contributed by atoms with E-state index in [-0.39, 0.29) is 5.78 Å². The van der Waals surface area contributed by atoms with Crippen LogP contribution in [0.4, 0.5) is 0 Å². The highest BCUT2D eigenvalue weighted by atomic mass is 16.5. The van der Waals surface area contributed by atoms with Gasteiger partial charge in [-0.1, -0.05) is 35.9 Å². The highest BCUT2D eigenvalue weighted by Crippen LogP contribution is 2.25. The summed E-state index contributed by atoms with van der Waals surface area (Å²) in [5.41, 5.74) is 4.41. The third kappa shape index (κ3) is 3.33. The molecule has 0 N–H and O–H groups in total. The summed E-state index contributed by atoms with van der Waals surface area (Å²) in [5, 5.41) is 0. The molecule has 0 atom stereocenters. The second-order valence-electron chi connectivity index (χ2n) is 5.72. The number of benzene rings is 2. The van der Waals surface area contributed by atoms with Crippen LogP contribution < -0.4 is 4.74 Å². The van der Waals surface area contributed by atoms with Crippen molar-refractivity contribution in [3.8, 4) is 5.75 Å². The standard InChI is InChI=1S/C19H20O2/c1-14-6-8-15(9-7-14)13-21-17-11-10-16-4-2-3-5-19(20)18(16)12-17/h6-12H,2-5,13H2,1H3. The van der Waals surface area contributed by atoms with E-state index in [4.69, 9.17) is 4.74 Å². The topological polar surface area (TPSA) is 26.3 Å². The summed E-state index contributed by atoms with van der Waals surface area (Å²) in [6, 6.07) is 14.2. The van der Waals surface area contributed by atoms with Gasteiger partial charge in [-0.2, -0.15) is 0 Å². The zero-order valence-corrected chi connectivity index (χ0v) is 12.4. The van der Waals surface area contributed by atoms with Crippen molar-refractivity contribution in [2.24, 2.45) is 0 Å². The first-order valence-corrected chi connectivity index (χ1v) is 7.57. The fraction of sp³-hybridized carbons (Fsp3) is 0.316. The Hall–Kier alpha value is -2.09. The van der Waals surface area contributed by atoms with Crippen molar-refractivity contribution in [1.82, 2.24) is 0 Å². The number of hydrogen-bond acceptors (Lipinski definition) is 2. The van der Waals surface area contributed by atoms with Gasteiger partial charge in [-0.25, -0.2) is 0 Å². The van der Waals surface area contributed by atoms with E-state index < -0.39 is 0 Å². The van der Waals surface area contributed by atoms with E-state index in [1.165, 1.54) is 11.1 Å². The van der Waals surface area contributed by atoms with Crippen LogP contribution in [0, 0.1) is 6.92 Å². The molecule has 2 aromatic carbocycles. The zero-order chi connectivity index (χ0) is 14.7. The normalized spacial score (nSPS) is 14.4. The molecule has 0 fully saturated rings. The number of aryl methyl sites for hydroxylation is 2. The summed E-state index contributed by atoms with van der Waals surface area (Å²) < 4.78 is 5.83. The SMILES string of the molecule is Cc1ccc(COc2ccc3c(c2)C(=O)CCCC3)cc1. The van der Waals surface area contributed by atoms with Crippen LogP contribution in [0.3, 0.4) is 0 Å². The van der Waals surface area contributed by atoms with Gasteiger partial charge in [0, 0.05) is 12.0 Å². The maximum Gasteiger partial charge on any atom is 0.163 e. The molecule has 0 heterocycles.